The summed E-state index contributed by atoms with van der Waals surface area (Å²) in [6.45, 7) is 5.45. The standard InChI is InChI=1S/C19H27N3O2/c1-14-16(5-9-20-14)18(24)21-10-7-19(8-11-21)6-4-17(23)22(13-19)12-15-2-3-15/h5,9,15,20H,2-4,6-8,10-13H2,1H3. The first kappa shape index (κ1) is 15.7. The number of likely N-dealkylation sites (tertiary alicyclic amines) is 2. The zero-order valence-corrected chi connectivity index (χ0v) is 14.5. The third kappa shape index (κ3) is 2.96. The van der Waals surface area contributed by atoms with Crippen molar-refractivity contribution in [2.24, 2.45) is 11.3 Å². The number of hydrogen-bond acceptors (Lipinski definition) is 2. The highest BCUT2D eigenvalue weighted by atomic mass is 16.2. The Morgan fingerprint density at radius 2 is 2.04 bits per heavy atom. The molecule has 2 amide bonds. The minimum absolute atomic E-state index is 0.144. The predicted octanol–water partition coefficient (Wildman–Crippen LogP) is 2.58. The van der Waals surface area contributed by atoms with Gasteiger partial charge in [-0.25, -0.2) is 0 Å². The number of hydrogen-bond donors (Lipinski definition) is 1. The molecule has 1 N–H and O–H groups in total. The van der Waals surface area contributed by atoms with E-state index >= 15 is 0 Å². The monoisotopic (exact) mass is 329 g/mol. The first-order valence-corrected chi connectivity index (χ1v) is 9.27. The molecule has 0 radical (unpaired) electrons. The van der Waals surface area contributed by atoms with Crippen molar-refractivity contribution >= 4 is 11.8 Å². The third-order valence-corrected chi connectivity index (χ3v) is 6.22. The van der Waals surface area contributed by atoms with Gasteiger partial charge in [-0.2, -0.15) is 0 Å². The molecule has 1 aliphatic carbocycles. The number of carbonyl (C=O) groups excluding carboxylic acids is 2. The molecule has 1 spiro atoms. The molecular formula is C19H27N3O2. The van der Waals surface area contributed by atoms with Crippen LogP contribution in [0.4, 0.5) is 0 Å². The van der Waals surface area contributed by atoms with Crippen LogP contribution >= 0.6 is 0 Å². The Bertz CT molecular complexity index is 639. The van der Waals surface area contributed by atoms with Gasteiger partial charge in [-0.15, -0.1) is 0 Å². The molecule has 2 aliphatic heterocycles. The summed E-state index contributed by atoms with van der Waals surface area (Å²) in [5.41, 5.74) is 1.98. The van der Waals surface area contributed by atoms with E-state index in [1.54, 1.807) is 0 Å². The maximum atomic E-state index is 12.7. The lowest BCUT2D eigenvalue weighted by Crippen LogP contribution is -2.52. The van der Waals surface area contributed by atoms with Crippen LogP contribution < -0.4 is 0 Å². The van der Waals surface area contributed by atoms with Crippen LogP contribution in [0.2, 0.25) is 0 Å². The number of piperidine rings is 2. The van der Waals surface area contributed by atoms with E-state index in [0.717, 1.165) is 62.6 Å². The number of amides is 2. The Morgan fingerprint density at radius 1 is 1.29 bits per heavy atom. The van der Waals surface area contributed by atoms with E-state index in [-0.39, 0.29) is 11.3 Å². The topological polar surface area (TPSA) is 56.4 Å². The molecule has 0 aromatic carbocycles. The number of H-pyrrole nitrogens is 1. The average Bonchev–Trinajstić information content (AvgIpc) is 3.30. The fourth-order valence-corrected chi connectivity index (χ4v) is 4.33. The second-order valence-electron chi connectivity index (χ2n) is 8.03. The van der Waals surface area contributed by atoms with Crippen LogP contribution in [0.1, 0.15) is 54.6 Å². The van der Waals surface area contributed by atoms with E-state index < -0.39 is 0 Å². The molecule has 5 heteroatoms. The van der Waals surface area contributed by atoms with Gasteiger partial charge in [-0.1, -0.05) is 0 Å². The van der Waals surface area contributed by atoms with Gasteiger partial charge in [0.05, 0.1) is 5.56 Å². The molecule has 0 atom stereocenters. The molecule has 3 fully saturated rings. The summed E-state index contributed by atoms with van der Waals surface area (Å²) >= 11 is 0. The maximum Gasteiger partial charge on any atom is 0.255 e. The van der Waals surface area contributed by atoms with Gasteiger partial charge in [0.25, 0.3) is 5.91 Å². The highest BCUT2D eigenvalue weighted by molar-refractivity contribution is 5.95. The van der Waals surface area contributed by atoms with Gasteiger partial charge in [0.15, 0.2) is 0 Å². The maximum absolute atomic E-state index is 12.7. The van der Waals surface area contributed by atoms with Crippen LogP contribution in [0, 0.1) is 18.3 Å². The Morgan fingerprint density at radius 3 is 2.67 bits per heavy atom. The van der Waals surface area contributed by atoms with Crippen molar-refractivity contribution in [3.63, 3.8) is 0 Å². The Hall–Kier alpha value is -1.78. The molecule has 3 heterocycles. The Kier molecular flexibility index (Phi) is 3.89. The van der Waals surface area contributed by atoms with Crippen molar-refractivity contribution in [2.75, 3.05) is 26.2 Å². The highest BCUT2D eigenvalue weighted by Crippen LogP contribution is 2.42. The van der Waals surface area contributed by atoms with Crippen LogP contribution in [0.5, 0.6) is 0 Å². The lowest BCUT2D eigenvalue weighted by molar-refractivity contribution is -0.139. The second kappa shape index (κ2) is 5.94. The van der Waals surface area contributed by atoms with Crippen molar-refractivity contribution in [1.29, 1.82) is 0 Å². The summed E-state index contributed by atoms with van der Waals surface area (Å²) in [6.07, 6.45) is 8.14. The first-order valence-electron chi connectivity index (χ1n) is 9.27. The number of aromatic nitrogens is 1. The molecule has 4 rings (SSSR count). The van der Waals surface area contributed by atoms with Gasteiger partial charge in [0.2, 0.25) is 5.91 Å². The van der Waals surface area contributed by atoms with E-state index in [9.17, 15) is 9.59 Å². The molecule has 3 aliphatic rings. The molecule has 1 saturated carbocycles. The fraction of sp³-hybridized carbons (Fsp3) is 0.684. The molecule has 130 valence electrons. The summed E-state index contributed by atoms with van der Waals surface area (Å²) in [5.74, 6) is 1.24. The number of carbonyl (C=O) groups is 2. The van der Waals surface area contributed by atoms with Gasteiger partial charge < -0.3 is 14.8 Å². The number of nitrogens with one attached hydrogen (secondary N) is 1. The summed E-state index contributed by atoms with van der Waals surface area (Å²) in [7, 11) is 0. The third-order valence-electron chi connectivity index (χ3n) is 6.22. The highest BCUT2D eigenvalue weighted by Gasteiger charge is 2.42. The van der Waals surface area contributed by atoms with Crippen molar-refractivity contribution < 1.29 is 9.59 Å². The van der Waals surface area contributed by atoms with Gasteiger partial charge in [-0.3, -0.25) is 9.59 Å². The molecular weight excluding hydrogens is 302 g/mol. The van der Waals surface area contributed by atoms with Crippen LogP contribution in [0.25, 0.3) is 0 Å². The summed E-state index contributed by atoms with van der Waals surface area (Å²) in [6, 6.07) is 1.87. The van der Waals surface area contributed by atoms with Crippen LogP contribution in [-0.4, -0.2) is 52.8 Å². The fourth-order valence-electron chi connectivity index (χ4n) is 4.33. The SMILES string of the molecule is Cc1[nH]ccc1C(=O)N1CCC2(CCC(=O)N(CC3CC3)C2)CC1. The quantitative estimate of drug-likeness (QED) is 0.926. The van der Waals surface area contributed by atoms with Gasteiger partial charge >= 0.3 is 0 Å². The average molecular weight is 329 g/mol. The van der Waals surface area contributed by atoms with E-state index in [0.29, 0.717) is 12.3 Å². The van der Waals surface area contributed by atoms with Crippen molar-refractivity contribution in [1.82, 2.24) is 14.8 Å². The zero-order valence-electron chi connectivity index (χ0n) is 14.5. The van der Waals surface area contributed by atoms with Gasteiger partial charge in [0.1, 0.15) is 0 Å². The minimum Gasteiger partial charge on any atom is -0.365 e. The molecule has 24 heavy (non-hydrogen) atoms. The van der Waals surface area contributed by atoms with Gasteiger partial charge in [0, 0.05) is 44.5 Å². The molecule has 1 aromatic rings. The summed E-state index contributed by atoms with van der Waals surface area (Å²) < 4.78 is 0. The largest absolute Gasteiger partial charge is 0.365 e. The summed E-state index contributed by atoms with van der Waals surface area (Å²) in [5, 5.41) is 0. The summed E-state index contributed by atoms with van der Waals surface area (Å²) in [4.78, 5) is 32.1. The van der Waals surface area contributed by atoms with Crippen molar-refractivity contribution in [2.45, 2.75) is 45.4 Å². The van der Waals surface area contributed by atoms with Gasteiger partial charge in [-0.05, 0) is 56.4 Å². The number of aromatic amines is 1. The molecule has 0 bridgehead atoms. The van der Waals surface area contributed by atoms with E-state index in [1.165, 1.54) is 12.8 Å². The normalized spacial score (nSPS) is 23.8. The Balaban J connectivity index is 1.39. The van der Waals surface area contributed by atoms with Crippen LogP contribution in [0.15, 0.2) is 12.3 Å². The number of rotatable bonds is 3. The smallest absolute Gasteiger partial charge is 0.255 e. The number of aryl methyl sites for hydroxylation is 1. The second-order valence-corrected chi connectivity index (χ2v) is 8.03. The molecule has 5 nitrogen and oxygen atoms in total. The van der Waals surface area contributed by atoms with Crippen molar-refractivity contribution in [3.05, 3.63) is 23.5 Å². The van der Waals surface area contributed by atoms with E-state index in [1.807, 2.05) is 24.1 Å². The van der Waals surface area contributed by atoms with Crippen molar-refractivity contribution in [3.8, 4) is 0 Å². The molecule has 2 saturated heterocycles. The Labute approximate surface area is 143 Å². The minimum atomic E-state index is 0.144. The van der Waals surface area contributed by atoms with E-state index in [2.05, 4.69) is 9.88 Å². The van der Waals surface area contributed by atoms with Crippen LogP contribution in [-0.2, 0) is 4.79 Å². The first-order chi connectivity index (χ1) is 11.6. The zero-order chi connectivity index (χ0) is 16.7. The molecule has 1 aromatic heterocycles. The predicted molar refractivity (Wildman–Crippen MR) is 91.6 cm³/mol. The van der Waals surface area contributed by atoms with Crippen LogP contribution in [0.3, 0.4) is 0 Å². The number of nitrogens with zero attached hydrogens (tertiary/aromatic N) is 2. The lowest BCUT2D eigenvalue weighted by Gasteiger charge is -2.47. The van der Waals surface area contributed by atoms with E-state index in [4.69, 9.17) is 0 Å². The molecule has 0 unspecified atom stereocenters. The lowest BCUT2D eigenvalue weighted by atomic mass is 9.72.